The average Bonchev–Trinajstić information content (AvgIpc) is 2.62. The molecule has 0 saturated heterocycles. The Kier molecular flexibility index (Phi) is 5.15. The number of fused-ring (bicyclic) bond motifs is 1. The van der Waals surface area contributed by atoms with Crippen molar-refractivity contribution >= 4 is 35.0 Å². The molecule has 1 amide bonds. The lowest BCUT2D eigenvalue weighted by Gasteiger charge is -2.19. The van der Waals surface area contributed by atoms with Crippen molar-refractivity contribution < 1.29 is 23.6 Å². The Morgan fingerprint density at radius 3 is 2.88 bits per heavy atom. The maximum Gasteiger partial charge on any atom is 0.270 e. The summed E-state index contributed by atoms with van der Waals surface area (Å²) in [7, 11) is 0. The highest BCUT2D eigenvalue weighted by atomic mass is 35.5. The van der Waals surface area contributed by atoms with Crippen LogP contribution in [0, 0.1) is 15.9 Å². The highest BCUT2D eigenvalue weighted by molar-refractivity contribution is 6.31. The topological polar surface area (TPSA) is 90.7 Å². The van der Waals surface area contributed by atoms with Crippen LogP contribution in [-0.4, -0.2) is 17.6 Å². The molecule has 3 rings (SSSR count). The number of anilines is 1. The summed E-state index contributed by atoms with van der Waals surface area (Å²) in [6.07, 6.45) is 2.59. The van der Waals surface area contributed by atoms with Crippen LogP contribution in [0.15, 0.2) is 36.4 Å². The summed E-state index contributed by atoms with van der Waals surface area (Å²) in [5.74, 6) is -0.682. The number of non-ortho nitro benzene ring substituents is 1. The van der Waals surface area contributed by atoms with Gasteiger partial charge in [0.1, 0.15) is 11.6 Å². The van der Waals surface area contributed by atoms with Crippen molar-refractivity contribution in [2.75, 3.05) is 12.1 Å². The molecule has 1 aliphatic heterocycles. The van der Waals surface area contributed by atoms with Gasteiger partial charge in [0.15, 0.2) is 6.79 Å². The molecule has 134 valence electrons. The summed E-state index contributed by atoms with van der Waals surface area (Å²) in [6.45, 7) is 0.198. The molecular formula is C17H12ClFN2O5. The van der Waals surface area contributed by atoms with Crippen LogP contribution >= 0.6 is 11.6 Å². The van der Waals surface area contributed by atoms with E-state index < -0.39 is 16.6 Å². The molecule has 0 aromatic heterocycles. The lowest BCUT2D eigenvalue weighted by Crippen LogP contribution is -2.13. The van der Waals surface area contributed by atoms with Crippen LogP contribution in [0.4, 0.5) is 15.8 Å². The lowest BCUT2D eigenvalue weighted by atomic mass is 10.1. The minimum atomic E-state index is -0.595. The van der Waals surface area contributed by atoms with Crippen LogP contribution in [0.5, 0.6) is 5.75 Å². The summed E-state index contributed by atoms with van der Waals surface area (Å²) < 4.78 is 23.6. The van der Waals surface area contributed by atoms with Crippen LogP contribution in [0.25, 0.3) is 6.08 Å². The molecule has 0 fully saturated rings. The number of nitrogens with zero attached hydrogens (tertiary/aromatic N) is 1. The maximum absolute atomic E-state index is 13.1. The number of hydrogen-bond acceptors (Lipinski definition) is 5. The number of benzene rings is 2. The molecule has 0 unspecified atom stereocenters. The zero-order valence-electron chi connectivity index (χ0n) is 13.2. The van der Waals surface area contributed by atoms with Gasteiger partial charge in [-0.25, -0.2) is 4.39 Å². The molecule has 0 radical (unpaired) electrons. The summed E-state index contributed by atoms with van der Waals surface area (Å²) in [6, 6.07) is 6.45. The molecule has 2 aromatic rings. The van der Waals surface area contributed by atoms with Gasteiger partial charge in [-0.1, -0.05) is 11.6 Å². The van der Waals surface area contributed by atoms with Gasteiger partial charge in [-0.15, -0.1) is 0 Å². The molecule has 26 heavy (non-hydrogen) atoms. The predicted octanol–water partition coefficient (Wildman–Crippen LogP) is 3.91. The fourth-order valence-corrected chi connectivity index (χ4v) is 2.56. The van der Waals surface area contributed by atoms with Crippen molar-refractivity contribution in [3.8, 4) is 5.75 Å². The summed E-state index contributed by atoms with van der Waals surface area (Å²) in [5, 5.41) is 13.5. The second-order valence-corrected chi connectivity index (χ2v) is 5.75. The molecule has 1 N–H and O–H groups in total. The lowest BCUT2D eigenvalue weighted by molar-refractivity contribution is -0.385. The first-order valence-corrected chi connectivity index (χ1v) is 7.78. The number of rotatable bonds is 4. The van der Waals surface area contributed by atoms with Crippen LogP contribution in [0.2, 0.25) is 5.02 Å². The van der Waals surface area contributed by atoms with Gasteiger partial charge in [0.05, 0.1) is 16.6 Å². The van der Waals surface area contributed by atoms with Crippen molar-refractivity contribution in [3.05, 3.63) is 68.5 Å². The van der Waals surface area contributed by atoms with Gasteiger partial charge in [0.25, 0.3) is 5.69 Å². The largest absolute Gasteiger partial charge is 0.467 e. The van der Waals surface area contributed by atoms with Crippen molar-refractivity contribution in [2.45, 2.75) is 6.61 Å². The fourth-order valence-electron chi connectivity index (χ4n) is 2.38. The molecule has 2 aromatic carbocycles. The van der Waals surface area contributed by atoms with Crippen molar-refractivity contribution in [1.29, 1.82) is 0 Å². The fraction of sp³-hybridized carbons (Fsp3) is 0.118. The molecule has 0 aliphatic carbocycles. The summed E-state index contributed by atoms with van der Waals surface area (Å²) in [5.41, 5.74) is 1.08. The second kappa shape index (κ2) is 7.51. The third-order valence-electron chi connectivity index (χ3n) is 3.54. The Labute approximate surface area is 152 Å². The van der Waals surface area contributed by atoms with Crippen LogP contribution in [0.3, 0.4) is 0 Å². The first kappa shape index (κ1) is 17.8. The van der Waals surface area contributed by atoms with Gasteiger partial charge in [-0.05, 0) is 24.3 Å². The van der Waals surface area contributed by atoms with Crippen LogP contribution < -0.4 is 10.1 Å². The van der Waals surface area contributed by atoms with E-state index in [1.54, 1.807) is 0 Å². The monoisotopic (exact) mass is 378 g/mol. The van der Waals surface area contributed by atoms with E-state index >= 15 is 0 Å². The second-order valence-electron chi connectivity index (χ2n) is 5.34. The Morgan fingerprint density at radius 1 is 1.35 bits per heavy atom. The van der Waals surface area contributed by atoms with Crippen LogP contribution in [-0.2, 0) is 16.1 Å². The number of ether oxygens (including phenoxy) is 2. The Balaban J connectivity index is 1.82. The normalized spacial score (nSPS) is 13.2. The van der Waals surface area contributed by atoms with E-state index in [0.29, 0.717) is 22.6 Å². The number of hydrogen-bond donors (Lipinski definition) is 1. The maximum atomic E-state index is 13.1. The molecule has 0 spiro atoms. The zero-order valence-corrected chi connectivity index (χ0v) is 14.0. The van der Waals surface area contributed by atoms with E-state index in [1.165, 1.54) is 36.4 Å². The molecule has 9 heteroatoms. The van der Waals surface area contributed by atoms with E-state index in [0.717, 1.165) is 6.07 Å². The van der Waals surface area contributed by atoms with Gasteiger partial charge >= 0.3 is 0 Å². The number of amides is 1. The third-order valence-corrected chi connectivity index (χ3v) is 3.83. The molecule has 0 atom stereocenters. The van der Waals surface area contributed by atoms with E-state index in [4.69, 9.17) is 21.1 Å². The van der Waals surface area contributed by atoms with E-state index in [-0.39, 0.29) is 24.1 Å². The SMILES string of the molecule is O=C(/C=C/c1cc([N+](=O)[O-])cc2c1OCOC2)Nc1ccc(F)c(Cl)c1. The Hall–Kier alpha value is -2.97. The molecule has 0 saturated carbocycles. The minimum Gasteiger partial charge on any atom is -0.467 e. The number of carbonyl (C=O) groups is 1. The Morgan fingerprint density at radius 2 is 2.15 bits per heavy atom. The highest BCUT2D eigenvalue weighted by Crippen LogP contribution is 2.33. The van der Waals surface area contributed by atoms with E-state index in [2.05, 4.69) is 5.32 Å². The van der Waals surface area contributed by atoms with Gasteiger partial charge < -0.3 is 14.8 Å². The smallest absolute Gasteiger partial charge is 0.270 e. The van der Waals surface area contributed by atoms with E-state index in [1.807, 2.05) is 0 Å². The third kappa shape index (κ3) is 3.98. The van der Waals surface area contributed by atoms with E-state index in [9.17, 15) is 19.3 Å². The molecule has 7 nitrogen and oxygen atoms in total. The van der Waals surface area contributed by atoms with Gasteiger partial charge in [-0.3, -0.25) is 14.9 Å². The predicted molar refractivity (Wildman–Crippen MR) is 92.5 cm³/mol. The number of halogens is 2. The minimum absolute atomic E-state index is 0.0198. The van der Waals surface area contributed by atoms with Gasteiger partial charge in [-0.2, -0.15) is 0 Å². The van der Waals surface area contributed by atoms with Gasteiger partial charge in [0, 0.05) is 35.0 Å². The summed E-state index contributed by atoms with van der Waals surface area (Å²) in [4.78, 5) is 22.6. The Bertz CT molecular complexity index is 916. The zero-order chi connectivity index (χ0) is 18.7. The number of nitro benzene ring substituents is 1. The molecule has 1 aliphatic rings. The number of carbonyl (C=O) groups excluding carboxylic acids is 1. The highest BCUT2D eigenvalue weighted by Gasteiger charge is 2.19. The molecule has 1 heterocycles. The number of nitro groups is 1. The van der Waals surface area contributed by atoms with Crippen molar-refractivity contribution in [1.82, 2.24) is 0 Å². The number of nitrogens with one attached hydrogen (secondary N) is 1. The summed E-state index contributed by atoms with van der Waals surface area (Å²) >= 11 is 5.66. The van der Waals surface area contributed by atoms with Crippen LogP contribution in [0.1, 0.15) is 11.1 Å². The first-order valence-electron chi connectivity index (χ1n) is 7.40. The average molecular weight is 379 g/mol. The molecular weight excluding hydrogens is 367 g/mol. The van der Waals surface area contributed by atoms with Crippen molar-refractivity contribution in [3.63, 3.8) is 0 Å². The quantitative estimate of drug-likeness (QED) is 0.495. The molecule has 0 bridgehead atoms. The first-order chi connectivity index (χ1) is 12.4. The standard InChI is InChI=1S/C17H12ClFN2O5/c18-14-7-12(2-3-15(14)19)20-16(22)4-1-10-5-13(21(23)24)6-11-8-25-9-26-17(10)11/h1-7H,8-9H2,(H,20,22)/b4-1+. The van der Waals surface area contributed by atoms with Gasteiger partial charge in [0.2, 0.25) is 5.91 Å². The van der Waals surface area contributed by atoms with Crippen molar-refractivity contribution in [2.24, 2.45) is 0 Å².